The van der Waals surface area contributed by atoms with Crippen molar-refractivity contribution in [2.24, 2.45) is 5.73 Å². The van der Waals surface area contributed by atoms with E-state index in [0.29, 0.717) is 0 Å². The Morgan fingerprint density at radius 1 is 1.60 bits per heavy atom. The van der Waals surface area contributed by atoms with Crippen LogP contribution in [0.3, 0.4) is 0 Å². The van der Waals surface area contributed by atoms with Gasteiger partial charge in [-0.3, -0.25) is 4.79 Å². The topological polar surface area (TPSA) is 89.7 Å². The van der Waals surface area contributed by atoms with Crippen molar-refractivity contribution in [3.63, 3.8) is 0 Å². The molecule has 0 heterocycles. The van der Waals surface area contributed by atoms with Gasteiger partial charge >= 0.3 is 5.97 Å². The van der Waals surface area contributed by atoms with Gasteiger partial charge in [-0.15, -0.1) is 0 Å². The molecule has 0 amide bonds. The molecule has 0 bridgehead atoms. The third-order valence-electron chi connectivity index (χ3n) is 1.86. The van der Waals surface area contributed by atoms with E-state index in [4.69, 9.17) is 5.73 Å². The molecular weight excluding hydrogens is 240 g/mol. The SMILES string of the molecule is COC(=O)CN(C)S(=O)(=O)C(C)C(N)=S. The summed E-state index contributed by atoms with van der Waals surface area (Å²) in [6, 6.07) is 0. The molecule has 6 nitrogen and oxygen atoms in total. The maximum Gasteiger partial charge on any atom is 0.320 e. The summed E-state index contributed by atoms with van der Waals surface area (Å²) in [5.74, 6) is -0.642. The minimum absolute atomic E-state index is 0.133. The van der Waals surface area contributed by atoms with Crippen LogP contribution in [0.1, 0.15) is 6.92 Å². The Hall–Kier alpha value is -0.730. The summed E-state index contributed by atoms with van der Waals surface area (Å²) in [6.07, 6.45) is 0. The highest BCUT2D eigenvalue weighted by molar-refractivity contribution is 7.92. The second-order valence-corrected chi connectivity index (χ2v) is 5.75. The van der Waals surface area contributed by atoms with Crippen molar-refractivity contribution in [1.82, 2.24) is 4.31 Å². The zero-order valence-electron chi connectivity index (χ0n) is 8.76. The molecule has 0 aliphatic rings. The predicted molar refractivity (Wildman–Crippen MR) is 59.8 cm³/mol. The van der Waals surface area contributed by atoms with Gasteiger partial charge in [-0.2, -0.15) is 4.31 Å². The Morgan fingerprint density at radius 2 is 2.07 bits per heavy atom. The van der Waals surface area contributed by atoms with Crippen LogP contribution >= 0.6 is 12.2 Å². The molecule has 0 rings (SSSR count). The van der Waals surface area contributed by atoms with Crippen LogP contribution in [0.4, 0.5) is 0 Å². The fourth-order valence-electron chi connectivity index (χ4n) is 0.753. The molecule has 1 atom stereocenters. The monoisotopic (exact) mass is 254 g/mol. The van der Waals surface area contributed by atoms with Crippen molar-refractivity contribution in [3.05, 3.63) is 0 Å². The summed E-state index contributed by atoms with van der Waals surface area (Å²) >= 11 is 4.58. The van der Waals surface area contributed by atoms with E-state index in [0.717, 1.165) is 4.31 Å². The molecule has 88 valence electrons. The van der Waals surface area contributed by atoms with Crippen LogP contribution in [0, 0.1) is 0 Å². The van der Waals surface area contributed by atoms with Gasteiger partial charge in [0.15, 0.2) is 0 Å². The van der Waals surface area contributed by atoms with E-state index < -0.39 is 21.2 Å². The third kappa shape index (κ3) is 3.73. The summed E-state index contributed by atoms with van der Waals surface area (Å²) in [5, 5.41) is -0.998. The molecule has 1 unspecified atom stereocenters. The molecule has 0 aliphatic carbocycles. The van der Waals surface area contributed by atoms with Gasteiger partial charge in [0, 0.05) is 7.05 Å². The highest BCUT2D eigenvalue weighted by atomic mass is 32.2. The number of sulfonamides is 1. The second kappa shape index (κ2) is 5.38. The van der Waals surface area contributed by atoms with Crippen LogP contribution in [0.25, 0.3) is 0 Å². The van der Waals surface area contributed by atoms with Crippen molar-refractivity contribution in [2.45, 2.75) is 12.2 Å². The molecule has 8 heteroatoms. The lowest BCUT2D eigenvalue weighted by molar-refractivity contribution is -0.140. The number of ether oxygens (including phenoxy) is 1. The Kier molecular flexibility index (Phi) is 5.12. The van der Waals surface area contributed by atoms with Gasteiger partial charge in [0.25, 0.3) is 0 Å². The fourth-order valence-corrected chi connectivity index (χ4v) is 2.24. The summed E-state index contributed by atoms with van der Waals surface area (Å²) in [6.45, 7) is 1.01. The molecule has 0 saturated carbocycles. The Labute approximate surface area is 94.4 Å². The first-order valence-corrected chi connectivity index (χ1v) is 5.96. The van der Waals surface area contributed by atoms with E-state index in [9.17, 15) is 13.2 Å². The highest BCUT2D eigenvalue weighted by Gasteiger charge is 2.29. The first-order chi connectivity index (χ1) is 6.73. The van der Waals surface area contributed by atoms with Gasteiger partial charge < -0.3 is 10.5 Å². The van der Waals surface area contributed by atoms with E-state index in [1.807, 2.05) is 0 Å². The van der Waals surface area contributed by atoms with Crippen LogP contribution in [-0.2, 0) is 19.6 Å². The summed E-state index contributed by atoms with van der Waals surface area (Å²) < 4.78 is 28.6. The minimum atomic E-state index is -3.68. The molecule has 0 fully saturated rings. The Balaban J connectivity index is 4.74. The maximum absolute atomic E-state index is 11.7. The number of hydrogen-bond acceptors (Lipinski definition) is 5. The Morgan fingerprint density at radius 3 is 2.40 bits per heavy atom. The molecule has 0 radical (unpaired) electrons. The summed E-state index contributed by atoms with van der Waals surface area (Å²) in [4.78, 5) is 10.7. The number of nitrogens with zero attached hydrogens (tertiary/aromatic N) is 1. The summed E-state index contributed by atoms with van der Waals surface area (Å²) in [7, 11) is -1.23. The van der Waals surface area contributed by atoms with E-state index in [-0.39, 0.29) is 11.5 Å². The molecule has 0 aromatic heterocycles. The lowest BCUT2D eigenvalue weighted by Crippen LogP contribution is -2.43. The van der Waals surface area contributed by atoms with Crippen LogP contribution in [0.5, 0.6) is 0 Å². The number of carbonyl (C=O) groups is 1. The van der Waals surface area contributed by atoms with Crippen molar-refractivity contribution in [2.75, 3.05) is 20.7 Å². The van der Waals surface area contributed by atoms with Crippen molar-refractivity contribution in [3.8, 4) is 0 Å². The van der Waals surface area contributed by atoms with Crippen molar-refractivity contribution >= 4 is 33.2 Å². The number of hydrogen-bond donors (Lipinski definition) is 1. The molecule has 0 aromatic carbocycles. The quantitative estimate of drug-likeness (QED) is 0.505. The third-order valence-corrected chi connectivity index (χ3v) is 4.51. The molecule has 15 heavy (non-hydrogen) atoms. The first kappa shape index (κ1) is 14.3. The van der Waals surface area contributed by atoms with E-state index in [1.165, 1.54) is 21.1 Å². The van der Waals surface area contributed by atoms with Gasteiger partial charge in [-0.1, -0.05) is 12.2 Å². The zero-order valence-corrected chi connectivity index (χ0v) is 10.4. The van der Waals surface area contributed by atoms with Gasteiger partial charge in [-0.25, -0.2) is 8.42 Å². The molecular formula is C7H14N2O4S2. The summed E-state index contributed by atoms with van der Waals surface area (Å²) in [5.41, 5.74) is 5.23. The lowest BCUT2D eigenvalue weighted by atomic mass is 10.5. The van der Waals surface area contributed by atoms with E-state index in [2.05, 4.69) is 17.0 Å². The van der Waals surface area contributed by atoms with E-state index in [1.54, 1.807) is 0 Å². The highest BCUT2D eigenvalue weighted by Crippen LogP contribution is 2.07. The number of carbonyl (C=O) groups excluding carboxylic acids is 1. The first-order valence-electron chi connectivity index (χ1n) is 4.04. The average molecular weight is 254 g/mol. The standard InChI is InChI=1S/C7H14N2O4S2/c1-5(7(8)14)15(11,12)9(2)4-6(10)13-3/h5H,4H2,1-3H3,(H2,8,14). The number of nitrogens with two attached hydrogens (primary N) is 1. The molecule has 0 spiro atoms. The number of thiocarbonyl (C=S) groups is 1. The minimum Gasteiger partial charge on any atom is -0.468 e. The van der Waals surface area contributed by atoms with Crippen LogP contribution in [-0.4, -0.2) is 49.6 Å². The molecule has 0 aliphatic heterocycles. The van der Waals surface area contributed by atoms with Crippen molar-refractivity contribution < 1.29 is 17.9 Å². The number of methoxy groups -OCH3 is 1. The average Bonchev–Trinajstić information content (AvgIpc) is 2.15. The van der Waals surface area contributed by atoms with Gasteiger partial charge in [0.2, 0.25) is 10.0 Å². The van der Waals surface area contributed by atoms with Gasteiger partial charge in [0.05, 0.1) is 12.1 Å². The zero-order chi connectivity index (χ0) is 12.2. The van der Waals surface area contributed by atoms with Crippen molar-refractivity contribution in [1.29, 1.82) is 0 Å². The molecule has 0 aromatic rings. The molecule has 2 N–H and O–H groups in total. The van der Waals surface area contributed by atoms with Crippen LogP contribution < -0.4 is 5.73 Å². The number of esters is 1. The number of rotatable bonds is 5. The lowest BCUT2D eigenvalue weighted by Gasteiger charge is -2.19. The van der Waals surface area contributed by atoms with E-state index >= 15 is 0 Å². The number of likely N-dealkylation sites (N-methyl/N-ethyl adjacent to an activating group) is 1. The smallest absolute Gasteiger partial charge is 0.320 e. The largest absolute Gasteiger partial charge is 0.468 e. The Bertz CT molecular complexity index is 352. The van der Waals surface area contributed by atoms with Gasteiger partial charge in [0.1, 0.15) is 11.8 Å². The van der Waals surface area contributed by atoms with Crippen LogP contribution in [0.2, 0.25) is 0 Å². The van der Waals surface area contributed by atoms with Gasteiger partial charge in [-0.05, 0) is 6.92 Å². The molecule has 0 saturated heterocycles. The second-order valence-electron chi connectivity index (χ2n) is 2.92. The van der Waals surface area contributed by atoms with Crippen LogP contribution in [0.15, 0.2) is 0 Å². The fraction of sp³-hybridized carbons (Fsp3) is 0.714. The normalized spacial score (nSPS) is 13.6. The maximum atomic E-state index is 11.7. The predicted octanol–water partition coefficient (Wildman–Crippen LogP) is -0.904.